The number of benzene rings is 2. The number of hydrogen-bond donors (Lipinski definition) is 1. The third-order valence-electron chi connectivity index (χ3n) is 5.01. The largest absolute Gasteiger partial charge is 0.345 e. The molecule has 2 aliphatic rings. The van der Waals surface area contributed by atoms with Gasteiger partial charge in [-0.3, -0.25) is 9.59 Å². The Morgan fingerprint density at radius 3 is 2.69 bits per heavy atom. The predicted molar refractivity (Wildman–Crippen MR) is 90.6 cm³/mol. The Kier molecular flexibility index (Phi) is 4.32. The third kappa shape index (κ3) is 3.14. The molecule has 5 nitrogen and oxygen atoms in total. The number of fused-ring (bicyclic) bond motifs is 2. The van der Waals surface area contributed by atoms with E-state index in [1.54, 1.807) is 0 Å². The second kappa shape index (κ2) is 6.64. The van der Waals surface area contributed by atoms with Crippen molar-refractivity contribution < 1.29 is 23.1 Å². The first-order chi connectivity index (χ1) is 12.5. The van der Waals surface area contributed by atoms with Crippen LogP contribution < -0.4 is 5.32 Å². The number of piperazine rings is 1. The Balaban J connectivity index is 1.51. The van der Waals surface area contributed by atoms with Gasteiger partial charge in [-0.2, -0.15) is 8.78 Å². The highest BCUT2D eigenvalue weighted by Crippen LogP contribution is 2.27. The Morgan fingerprint density at radius 1 is 1.15 bits per heavy atom. The van der Waals surface area contributed by atoms with Crippen LogP contribution in [-0.4, -0.2) is 48.1 Å². The summed E-state index contributed by atoms with van der Waals surface area (Å²) in [6.07, 6.45) is -0.349. The molecule has 136 valence electrons. The molecular formula is C19H18F2N2O3. The first-order valence-electron chi connectivity index (χ1n) is 8.53. The van der Waals surface area contributed by atoms with Crippen molar-refractivity contribution in [1.29, 1.82) is 0 Å². The molecule has 2 fully saturated rings. The highest BCUT2D eigenvalue weighted by molar-refractivity contribution is 5.97. The van der Waals surface area contributed by atoms with E-state index in [1.165, 1.54) is 4.90 Å². The van der Waals surface area contributed by atoms with Crippen LogP contribution in [0.4, 0.5) is 8.78 Å². The zero-order chi connectivity index (χ0) is 18.3. The van der Waals surface area contributed by atoms with Gasteiger partial charge in [0.25, 0.3) is 0 Å². The number of nitrogens with zero attached hydrogens (tertiary/aromatic N) is 1. The van der Waals surface area contributed by atoms with Crippen molar-refractivity contribution in [3.8, 4) is 0 Å². The molecular weight excluding hydrogens is 342 g/mol. The van der Waals surface area contributed by atoms with Gasteiger partial charge in [0, 0.05) is 19.4 Å². The van der Waals surface area contributed by atoms with Crippen LogP contribution in [0.2, 0.25) is 0 Å². The minimum Gasteiger partial charge on any atom is -0.342 e. The average Bonchev–Trinajstić information content (AvgIpc) is 3.03. The van der Waals surface area contributed by atoms with Gasteiger partial charge in [0.05, 0.1) is 6.10 Å². The Bertz CT molecular complexity index is 858. The lowest BCUT2D eigenvalue weighted by atomic mass is 9.98. The fourth-order valence-corrected chi connectivity index (χ4v) is 3.80. The number of carbonyl (C=O) groups excluding carboxylic acids is 2. The van der Waals surface area contributed by atoms with Crippen molar-refractivity contribution in [3.63, 3.8) is 0 Å². The molecule has 2 aromatic rings. The quantitative estimate of drug-likeness (QED) is 0.908. The lowest BCUT2D eigenvalue weighted by molar-refractivity contribution is -0.160. The molecule has 0 bridgehead atoms. The van der Waals surface area contributed by atoms with Gasteiger partial charge in [-0.25, -0.2) is 0 Å². The summed E-state index contributed by atoms with van der Waals surface area (Å²) >= 11 is 0. The van der Waals surface area contributed by atoms with Crippen molar-refractivity contribution in [2.45, 2.75) is 37.6 Å². The number of nitrogens with one attached hydrogen (secondary N) is 1. The molecule has 0 spiro atoms. The third-order valence-corrected chi connectivity index (χ3v) is 5.01. The van der Waals surface area contributed by atoms with Crippen LogP contribution >= 0.6 is 0 Å². The van der Waals surface area contributed by atoms with Crippen LogP contribution in [-0.2, 0) is 20.7 Å². The minimum atomic E-state index is -2.91. The summed E-state index contributed by atoms with van der Waals surface area (Å²) in [5.74, 6) is -0.557. The highest BCUT2D eigenvalue weighted by atomic mass is 19.3. The molecule has 7 heteroatoms. The van der Waals surface area contributed by atoms with E-state index in [0.29, 0.717) is 6.42 Å². The number of amides is 2. The molecule has 1 N–H and O–H groups in total. The number of rotatable bonds is 4. The first-order valence-corrected chi connectivity index (χ1v) is 8.53. The summed E-state index contributed by atoms with van der Waals surface area (Å²) < 4.78 is 29.3. The Morgan fingerprint density at radius 2 is 1.92 bits per heavy atom. The second-order valence-electron chi connectivity index (χ2n) is 6.71. The fraction of sp³-hybridized carbons (Fsp3) is 0.368. The lowest BCUT2D eigenvalue weighted by Crippen LogP contribution is -2.61. The van der Waals surface area contributed by atoms with Gasteiger partial charge in [-0.1, -0.05) is 42.5 Å². The molecule has 4 rings (SSSR count). The standard InChI is InChI=1S/C19H18F2N2O3/c20-19(21)26-14-9-16-17(24)22-15(18(25)23(16)10-14)8-11-5-6-12-3-1-2-4-13(12)7-11/h1-7,14-16,19H,8-10H2,(H,22,24)/t14-,15+,16+/m1/s1. The van der Waals surface area contributed by atoms with Crippen LogP contribution in [0.25, 0.3) is 10.8 Å². The van der Waals surface area contributed by atoms with Gasteiger partial charge in [-0.05, 0) is 16.3 Å². The summed E-state index contributed by atoms with van der Waals surface area (Å²) in [5, 5.41) is 4.89. The molecule has 3 atom stereocenters. The van der Waals surface area contributed by atoms with Gasteiger partial charge < -0.3 is 15.0 Å². The molecule has 2 aromatic carbocycles. The SMILES string of the molecule is O=C1N[C@@H](Cc2ccc3ccccc3c2)C(=O)N2C[C@H](OC(F)F)C[C@@H]12. The average molecular weight is 360 g/mol. The van der Waals surface area contributed by atoms with Gasteiger partial charge in [0.1, 0.15) is 12.1 Å². The van der Waals surface area contributed by atoms with Crippen molar-refractivity contribution in [2.75, 3.05) is 6.54 Å². The molecule has 2 amide bonds. The summed E-state index contributed by atoms with van der Waals surface area (Å²) in [4.78, 5) is 26.4. The van der Waals surface area contributed by atoms with Crippen molar-refractivity contribution in [3.05, 3.63) is 48.0 Å². The molecule has 26 heavy (non-hydrogen) atoms. The predicted octanol–water partition coefficient (Wildman–Crippen LogP) is 2.09. The summed E-state index contributed by atoms with van der Waals surface area (Å²) in [6, 6.07) is 12.4. The fourth-order valence-electron chi connectivity index (χ4n) is 3.80. The summed E-state index contributed by atoms with van der Waals surface area (Å²) in [6.45, 7) is -2.89. The number of ether oxygens (including phenoxy) is 1. The molecule has 2 heterocycles. The normalized spacial score (nSPS) is 25.7. The summed E-state index contributed by atoms with van der Waals surface area (Å²) in [5.41, 5.74) is 0.931. The topological polar surface area (TPSA) is 58.6 Å². The molecule has 0 radical (unpaired) electrons. The van der Waals surface area contributed by atoms with Crippen LogP contribution in [0.1, 0.15) is 12.0 Å². The maximum Gasteiger partial charge on any atom is 0.345 e. The van der Waals surface area contributed by atoms with Gasteiger partial charge in [0.2, 0.25) is 11.8 Å². The van der Waals surface area contributed by atoms with E-state index in [2.05, 4.69) is 10.1 Å². The summed E-state index contributed by atoms with van der Waals surface area (Å²) in [7, 11) is 0. The van der Waals surface area contributed by atoms with Crippen molar-refractivity contribution in [2.24, 2.45) is 0 Å². The maximum absolute atomic E-state index is 12.7. The van der Waals surface area contributed by atoms with Crippen molar-refractivity contribution >= 4 is 22.6 Å². The number of carbonyl (C=O) groups is 2. The van der Waals surface area contributed by atoms with E-state index in [1.807, 2.05) is 42.5 Å². The van der Waals surface area contributed by atoms with Crippen LogP contribution in [0.15, 0.2) is 42.5 Å². The molecule has 0 saturated carbocycles. The number of hydrogen-bond acceptors (Lipinski definition) is 3. The van der Waals surface area contributed by atoms with Crippen LogP contribution in [0.3, 0.4) is 0 Å². The number of alkyl halides is 2. The zero-order valence-corrected chi connectivity index (χ0v) is 13.9. The van der Waals surface area contributed by atoms with Crippen molar-refractivity contribution in [1.82, 2.24) is 10.2 Å². The first kappa shape index (κ1) is 16.9. The Hall–Kier alpha value is -2.54. The maximum atomic E-state index is 12.7. The van der Waals surface area contributed by atoms with Gasteiger partial charge in [0.15, 0.2) is 0 Å². The van der Waals surface area contributed by atoms with E-state index in [-0.39, 0.29) is 24.8 Å². The Labute approximate surface area is 148 Å². The number of halogens is 2. The molecule has 0 aromatic heterocycles. The monoisotopic (exact) mass is 360 g/mol. The lowest BCUT2D eigenvalue weighted by Gasteiger charge is -2.34. The van der Waals surface area contributed by atoms with E-state index in [0.717, 1.165) is 16.3 Å². The van der Waals surface area contributed by atoms with E-state index in [9.17, 15) is 18.4 Å². The van der Waals surface area contributed by atoms with E-state index in [4.69, 9.17) is 0 Å². The minimum absolute atomic E-state index is 0.0233. The van der Waals surface area contributed by atoms with Crippen LogP contribution in [0, 0.1) is 0 Å². The zero-order valence-electron chi connectivity index (χ0n) is 13.9. The van der Waals surface area contributed by atoms with E-state index < -0.39 is 24.8 Å². The van der Waals surface area contributed by atoms with Crippen LogP contribution in [0.5, 0.6) is 0 Å². The molecule has 0 unspecified atom stereocenters. The molecule has 2 saturated heterocycles. The van der Waals surface area contributed by atoms with Gasteiger partial charge >= 0.3 is 6.61 Å². The van der Waals surface area contributed by atoms with Gasteiger partial charge in [-0.15, -0.1) is 0 Å². The highest BCUT2D eigenvalue weighted by Gasteiger charge is 2.47. The molecule has 2 aliphatic heterocycles. The van der Waals surface area contributed by atoms with E-state index >= 15 is 0 Å². The smallest absolute Gasteiger partial charge is 0.342 e. The second-order valence-corrected chi connectivity index (χ2v) is 6.71. The molecule has 0 aliphatic carbocycles.